The molecule has 3 nitrogen and oxygen atoms in total. The van der Waals surface area contributed by atoms with Gasteiger partial charge in [-0.15, -0.1) is 0 Å². The van der Waals surface area contributed by atoms with Crippen LogP contribution < -0.4 is 5.73 Å². The van der Waals surface area contributed by atoms with Crippen LogP contribution in [0.25, 0.3) is 0 Å². The monoisotopic (exact) mass is 247 g/mol. The zero-order valence-corrected chi connectivity index (χ0v) is 9.73. The van der Waals surface area contributed by atoms with Crippen molar-refractivity contribution in [3.05, 3.63) is 33.3 Å². The van der Waals surface area contributed by atoms with Crippen LogP contribution in [-0.4, -0.2) is 12.7 Å². The molecule has 0 fully saturated rings. The van der Waals surface area contributed by atoms with E-state index in [1.807, 2.05) is 13.0 Å². The van der Waals surface area contributed by atoms with Crippen molar-refractivity contribution in [3.8, 4) is 0 Å². The van der Waals surface area contributed by atoms with Crippen LogP contribution in [0, 0.1) is 6.92 Å². The molecule has 15 heavy (non-hydrogen) atoms. The van der Waals surface area contributed by atoms with E-state index in [4.69, 9.17) is 28.9 Å². The van der Waals surface area contributed by atoms with Gasteiger partial charge in [-0.1, -0.05) is 29.3 Å². The third-order valence-corrected chi connectivity index (χ3v) is 2.97. The highest BCUT2D eigenvalue weighted by Gasteiger charge is 2.06. The van der Waals surface area contributed by atoms with Crippen LogP contribution in [0.15, 0.2) is 12.1 Å². The Hall–Kier alpha value is -0.930. The van der Waals surface area contributed by atoms with Crippen molar-refractivity contribution in [1.82, 2.24) is 0 Å². The number of hydrogen-bond acceptors (Lipinski definition) is 2. The molecule has 1 rings (SSSR count). The maximum Gasteiger partial charge on any atom is 0.404 e. The molecular formula is C10H11Cl2NO2. The van der Waals surface area contributed by atoms with Crippen molar-refractivity contribution in [2.75, 3.05) is 6.61 Å². The zero-order valence-electron chi connectivity index (χ0n) is 8.22. The van der Waals surface area contributed by atoms with E-state index in [1.54, 1.807) is 6.07 Å². The fourth-order valence-corrected chi connectivity index (χ4v) is 1.61. The summed E-state index contributed by atoms with van der Waals surface area (Å²) in [6, 6.07) is 3.57. The summed E-state index contributed by atoms with van der Waals surface area (Å²) in [5.74, 6) is 0. The molecule has 1 amide bonds. The molecule has 0 aliphatic rings. The van der Waals surface area contributed by atoms with Gasteiger partial charge in [0.1, 0.15) is 0 Å². The Kier molecular flexibility index (Phi) is 4.24. The number of halogens is 2. The van der Waals surface area contributed by atoms with Crippen LogP contribution in [0.3, 0.4) is 0 Å². The molecule has 2 N–H and O–H groups in total. The van der Waals surface area contributed by atoms with Gasteiger partial charge in [-0.05, 0) is 24.1 Å². The summed E-state index contributed by atoms with van der Waals surface area (Å²) in [5, 5.41) is 1.06. The number of ether oxygens (including phenoxy) is 1. The largest absolute Gasteiger partial charge is 0.449 e. The van der Waals surface area contributed by atoms with E-state index >= 15 is 0 Å². The maximum absolute atomic E-state index is 10.3. The summed E-state index contributed by atoms with van der Waals surface area (Å²) in [6.07, 6.45) is -0.196. The highest BCUT2D eigenvalue weighted by Crippen LogP contribution is 2.27. The first-order valence-electron chi connectivity index (χ1n) is 4.38. The SMILES string of the molecule is Cc1c(CCOC(N)=O)ccc(Cl)c1Cl. The highest BCUT2D eigenvalue weighted by atomic mass is 35.5. The topological polar surface area (TPSA) is 52.3 Å². The van der Waals surface area contributed by atoms with Crippen molar-refractivity contribution in [2.45, 2.75) is 13.3 Å². The van der Waals surface area contributed by atoms with E-state index in [1.165, 1.54) is 0 Å². The Labute approximate surface area is 98.1 Å². The second-order valence-corrected chi connectivity index (χ2v) is 3.85. The summed E-state index contributed by atoms with van der Waals surface area (Å²) in [4.78, 5) is 10.3. The third kappa shape index (κ3) is 3.29. The maximum atomic E-state index is 10.3. The molecule has 0 aromatic heterocycles. The summed E-state index contributed by atoms with van der Waals surface area (Å²) in [7, 11) is 0. The van der Waals surface area contributed by atoms with Gasteiger partial charge in [0.2, 0.25) is 0 Å². The van der Waals surface area contributed by atoms with Crippen LogP contribution in [0.2, 0.25) is 10.0 Å². The lowest BCUT2D eigenvalue weighted by atomic mass is 10.1. The number of carbonyl (C=O) groups excluding carboxylic acids is 1. The number of primary amides is 1. The number of rotatable bonds is 3. The molecule has 1 aromatic carbocycles. The number of amides is 1. The molecule has 82 valence electrons. The molecule has 0 radical (unpaired) electrons. The van der Waals surface area contributed by atoms with Crippen LogP contribution in [0.5, 0.6) is 0 Å². The Morgan fingerprint density at radius 1 is 1.47 bits per heavy atom. The Morgan fingerprint density at radius 3 is 2.73 bits per heavy atom. The second kappa shape index (κ2) is 5.24. The van der Waals surface area contributed by atoms with E-state index in [-0.39, 0.29) is 6.61 Å². The molecule has 0 heterocycles. The quantitative estimate of drug-likeness (QED) is 0.893. The minimum atomic E-state index is -0.771. The second-order valence-electron chi connectivity index (χ2n) is 3.06. The molecule has 0 bridgehead atoms. The van der Waals surface area contributed by atoms with Crippen molar-refractivity contribution >= 4 is 29.3 Å². The highest BCUT2D eigenvalue weighted by molar-refractivity contribution is 6.42. The van der Waals surface area contributed by atoms with Gasteiger partial charge in [0, 0.05) is 6.42 Å². The van der Waals surface area contributed by atoms with Crippen molar-refractivity contribution < 1.29 is 9.53 Å². The summed E-state index contributed by atoms with van der Waals surface area (Å²) in [5.41, 5.74) is 6.73. The molecule has 0 aliphatic carbocycles. The van der Waals surface area contributed by atoms with Gasteiger partial charge in [0.25, 0.3) is 0 Å². The fraction of sp³-hybridized carbons (Fsp3) is 0.300. The van der Waals surface area contributed by atoms with Gasteiger partial charge in [-0.3, -0.25) is 0 Å². The van der Waals surface area contributed by atoms with E-state index in [0.717, 1.165) is 11.1 Å². The standard InChI is InChI=1S/C10H11Cl2NO2/c1-6-7(4-5-15-10(13)14)2-3-8(11)9(6)12/h2-3H,4-5H2,1H3,(H2,13,14). The van der Waals surface area contributed by atoms with E-state index in [2.05, 4.69) is 4.74 Å². The molecule has 0 saturated heterocycles. The molecule has 5 heteroatoms. The minimum absolute atomic E-state index is 0.244. The van der Waals surface area contributed by atoms with Crippen LogP contribution in [0.4, 0.5) is 4.79 Å². The van der Waals surface area contributed by atoms with Gasteiger partial charge in [0.15, 0.2) is 0 Å². The predicted molar refractivity (Wildman–Crippen MR) is 60.4 cm³/mol. The van der Waals surface area contributed by atoms with Gasteiger partial charge in [-0.2, -0.15) is 0 Å². The number of nitrogens with two attached hydrogens (primary N) is 1. The normalized spacial score (nSPS) is 10.1. The van der Waals surface area contributed by atoms with Gasteiger partial charge >= 0.3 is 6.09 Å². The first kappa shape index (κ1) is 12.1. The summed E-state index contributed by atoms with van der Waals surface area (Å²) < 4.78 is 4.63. The molecule has 0 saturated carbocycles. The van der Waals surface area contributed by atoms with Crippen LogP contribution in [0.1, 0.15) is 11.1 Å². The van der Waals surface area contributed by atoms with Gasteiger partial charge in [0.05, 0.1) is 16.7 Å². The van der Waals surface area contributed by atoms with Crippen LogP contribution in [-0.2, 0) is 11.2 Å². The average molecular weight is 248 g/mol. The van der Waals surface area contributed by atoms with Crippen LogP contribution >= 0.6 is 23.2 Å². The minimum Gasteiger partial charge on any atom is -0.449 e. The zero-order chi connectivity index (χ0) is 11.4. The smallest absolute Gasteiger partial charge is 0.404 e. The lowest BCUT2D eigenvalue weighted by Crippen LogP contribution is -2.15. The van der Waals surface area contributed by atoms with Crippen molar-refractivity contribution in [1.29, 1.82) is 0 Å². The fourth-order valence-electron chi connectivity index (χ4n) is 1.22. The van der Waals surface area contributed by atoms with Crippen molar-refractivity contribution in [2.24, 2.45) is 5.73 Å². The van der Waals surface area contributed by atoms with Gasteiger partial charge in [-0.25, -0.2) is 4.79 Å². The molecular weight excluding hydrogens is 237 g/mol. The third-order valence-electron chi connectivity index (χ3n) is 2.07. The first-order chi connectivity index (χ1) is 7.02. The van der Waals surface area contributed by atoms with E-state index in [9.17, 15) is 4.79 Å². The van der Waals surface area contributed by atoms with Crippen molar-refractivity contribution in [3.63, 3.8) is 0 Å². The molecule has 0 atom stereocenters. The summed E-state index contributed by atoms with van der Waals surface area (Å²) >= 11 is 11.8. The van der Waals surface area contributed by atoms with Gasteiger partial charge < -0.3 is 10.5 Å². The Morgan fingerprint density at radius 2 is 2.13 bits per heavy atom. The summed E-state index contributed by atoms with van der Waals surface area (Å²) in [6.45, 7) is 2.11. The molecule has 1 aromatic rings. The van der Waals surface area contributed by atoms with E-state index in [0.29, 0.717) is 16.5 Å². The number of benzene rings is 1. The lowest BCUT2D eigenvalue weighted by molar-refractivity contribution is 0.158. The predicted octanol–water partition coefficient (Wildman–Crippen LogP) is 2.94. The Bertz CT molecular complexity index is 380. The first-order valence-corrected chi connectivity index (χ1v) is 5.13. The number of hydrogen-bond donors (Lipinski definition) is 1. The number of carbonyl (C=O) groups is 1. The lowest BCUT2D eigenvalue weighted by Gasteiger charge is -2.08. The molecule has 0 spiro atoms. The molecule has 0 aliphatic heterocycles. The average Bonchev–Trinajstić information content (AvgIpc) is 2.18. The Balaban J connectivity index is 2.70. The van der Waals surface area contributed by atoms with E-state index < -0.39 is 6.09 Å². The molecule has 0 unspecified atom stereocenters.